The monoisotopic (exact) mass is 558 g/mol. The molecule has 0 heterocycles. The molecule has 2 rings (SSSR count). The number of hydrogen-bond acceptors (Lipinski definition) is 4. The van der Waals surface area contributed by atoms with E-state index >= 15 is 0 Å². The van der Waals surface area contributed by atoms with E-state index in [1.165, 1.54) is 24.3 Å². The average molecular weight is 558 g/mol. The number of rotatable bonds is 10. The third-order valence-electron chi connectivity index (χ3n) is 4.97. The topological polar surface area (TPSA) is 58.6 Å². The van der Waals surface area contributed by atoms with Crippen LogP contribution in [0.4, 0.5) is 13.6 Å². The van der Waals surface area contributed by atoms with Crippen molar-refractivity contribution < 1.29 is 23.1 Å². The van der Waals surface area contributed by atoms with Crippen molar-refractivity contribution in [3.63, 3.8) is 0 Å². The molecule has 0 radical (unpaired) electrons. The summed E-state index contributed by atoms with van der Waals surface area (Å²) in [4.78, 5) is 23.8. The third kappa shape index (κ3) is 7.23. The molecule has 174 valence electrons. The maximum atomic E-state index is 13.7. The fraction of sp³-hybridized carbons (Fsp3) is 0.417. The van der Waals surface area contributed by atoms with E-state index < -0.39 is 17.1 Å². The Balaban J connectivity index is 2.47. The zero-order chi connectivity index (χ0) is 23.8. The van der Waals surface area contributed by atoms with Gasteiger partial charge in [-0.3, -0.25) is 0 Å². The molecule has 0 saturated heterocycles. The second-order valence-corrected chi connectivity index (χ2v) is 9.56. The van der Waals surface area contributed by atoms with Crippen LogP contribution in [0.1, 0.15) is 44.7 Å². The van der Waals surface area contributed by atoms with E-state index in [0.29, 0.717) is 12.7 Å². The fourth-order valence-electron chi connectivity index (χ4n) is 3.48. The Morgan fingerprint density at radius 1 is 1.03 bits per heavy atom. The Labute approximate surface area is 201 Å². The van der Waals surface area contributed by atoms with Crippen LogP contribution >= 0.6 is 22.6 Å². The standard InChI is InChI=1S/C24H29F2IN2O3/c1-23(2,3)32-22(31)29(15-16-30)28-17-24(13-4-14-27,18-5-9-20(25)10-6-18)19-7-11-21(26)12-8-19/h5-12,16,28H,4,13-15,17H2,1-3H3. The first-order chi connectivity index (χ1) is 15.1. The van der Waals surface area contributed by atoms with Gasteiger partial charge in [0.25, 0.3) is 0 Å². The number of hydrogen-bond donors (Lipinski definition) is 1. The van der Waals surface area contributed by atoms with Crippen molar-refractivity contribution in [1.29, 1.82) is 0 Å². The van der Waals surface area contributed by atoms with Crippen LogP contribution in [0.15, 0.2) is 48.5 Å². The maximum absolute atomic E-state index is 13.7. The molecule has 32 heavy (non-hydrogen) atoms. The molecule has 2 aromatic carbocycles. The zero-order valence-corrected chi connectivity index (χ0v) is 20.7. The van der Waals surface area contributed by atoms with Crippen molar-refractivity contribution >= 4 is 35.0 Å². The van der Waals surface area contributed by atoms with Crippen LogP contribution in [0.3, 0.4) is 0 Å². The molecule has 1 amide bonds. The first-order valence-electron chi connectivity index (χ1n) is 10.4. The first-order valence-corrected chi connectivity index (χ1v) is 11.9. The van der Waals surface area contributed by atoms with E-state index in [-0.39, 0.29) is 24.7 Å². The largest absolute Gasteiger partial charge is 0.443 e. The number of ether oxygens (including phenoxy) is 1. The summed E-state index contributed by atoms with van der Waals surface area (Å²) in [5.41, 5.74) is 3.26. The molecule has 2 aromatic rings. The van der Waals surface area contributed by atoms with Crippen LogP contribution in [0.25, 0.3) is 0 Å². The lowest BCUT2D eigenvalue weighted by Crippen LogP contribution is -2.51. The molecule has 0 fully saturated rings. The molecule has 0 atom stereocenters. The number of halogens is 3. The molecule has 1 N–H and O–H groups in total. The maximum Gasteiger partial charge on any atom is 0.425 e. The second kappa shape index (κ2) is 11.7. The van der Waals surface area contributed by atoms with E-state index in [4.69, 9.17) is 4.74 Å². The SMILES string of the molecule is CC(C)(C)OC(=O)N(CC=O)NCC(CCCI)(c1ccc(F)cc1)c1ccc(F)cc1. The second-order valence-electron chi connectivity index (χ2n) is 8.48. The van der Waals surface area contributed by atoms with Gasteiger partial charge in [-0.25, -0.2) is 24.0 Å². The summed E-state index contributed by atoms with van der Waals surface area (Å²) in [5, 5.41) is 1.13. The number of nitrogens with one attached hydrogen (secondary N) is 1. The van der Waals surface area contributed by atoms with Crippen molar-refractivity contribution in [3.05, 3.63) is 71.3 Å². The highest BCUT2D eigenvalue weighted by atomic mass is 127. The van der Waals surface area contributed by atoms with Gasteiger partial charge in [-0.2, -0.15) is 0 Å². The number of alkyl halides is 1. The molecule has 0 saturated carbocycles. The van der Waals surface area contributed by atoms with Crippen molar-refractivity contribution in [1.82, 2.24) is 10.4 Å². The molecular formula is C24H29F2IN2O3. The Morgan fingerprint density at radius 2 is 1.53 bits per heavy atom. The van der Waals surface area contributed by atoms with Crippen LogP contribution in [0, 0.1) is 11.6 Å². The number of benzene rings is 2. The van der Waals surface area contributed by atoms with Gasteiger partial charge in [0, 0.05) is 12.0 Å². The molecule has 0 aliphatic rings. The molecule has 0 unspecified atom stereocenters. The lowest BCUT2D eigenvalue weighted by Gasteiger charge is -2.37. The molecular weight excluding hydrogens is 529 g/mol. The van der Waals surface area contributed by atoms with Gasteiger partial charge in [0.2, 0.25) is 0 Å². The molecule has 0 aliphatic carbocycles. The van der Waals surface area contributed by atoms with Gasteiger partial charge >= 0.3 is 6.09 Å². The van der Waals surface area contributed by atoms with E-state index in [2.05, 4.69) is 28.0 Å². The van der Waals surface area contributed by atoms with Crippen molar-refractivity contribution in [2.75, 3.05) is 17.5 Å². The minimum Gasteiger partial charge on any atom is -0.443 e. The Morgan fingerprint density at radius 3 is 1.94 bits per heavy atom. The van der Waals surface area contributed by atoms with Crippen LogP contribution in [0.2, 0.25) is 0 Å². The zero-order valence-electron chi connectivity index (χ0n) is 18.5. The number of aldehydes is 1. The number of nitrogens with zero attached hydrogens (tertiary/aromatic N) is 1. The first kappa shape index (κ1) is 26.2. The summed E-state index contributed by atoms with van der Waals surface area (Å²) >= 11 is 2.29. The Bertz CT molecular complexity index is 838. The van der Waals surface area contributed by atoms with Gasteiger partial charge in [0.05, 0.1) is 6.54 Å². The molecule has 0 aliphatic heterocycles. The summed E-state index contributed by atoms with van der Waals surface area (Å²) in [6, 6.07) is 12.3. The van der Waals surface area contributed by atoms with Gasteiger partial charge < -0.3 is 9.53 Å². The lowest BCUT2D eigenvalue weighted by atomic mass is 9.71. The smallest absolute Gasteiger partial charge is 0.425 e. The number of amides is 1. The molecule has 8 heteroatoms. The van der Waals surface area contributed by atoms with E-state index in [1.807, 2.05) is 0 Å². The summed E-state index contributed by atoms with van der Waals surface area (Å²) in [6.07, 6.45) is 1.42. The van der Waals surface area contributed by atoms with Crippen LogP contribution in [0.5, 0.6) is 0 Å². The van der Waals surface area contributed by atoms with E-state index in [9.17, 15) is 18.4 Å². The molecule has 5 nitrogen and oxygen atoms in total. The van der Waals surface area contributed by atoms with E-state index in [0.717, 1.165) is 27.0 Å². The Kier molecular flexibility index (Phi) is 9.57. The Hall–Kier alpha value is -2.07. The van der Waals surface area contributed by atoms with Gasteiger partial charge in [-0.15, -0.1) is 0 Å². The predicted molar refractivity (Wildman–Crippen MR) is 129 cm³/mol. The summed E-state index contributed by atoms with van der Waals surface area (Å²) in [7, 11) is 0. The average Bonchev–Trinajstić information content (AvgIpc) is 2.73. The highest BCUT2D eigenvalue weighted by Gasteiger charge is 2.35. The predicted octanol–water partition coefficient (Wildman–Crippen LogP) is 5.41. The van der Waals surface area contributed by atoms with Gasteiger partial charge in [-0.05, 0) is 73.4 Å². The highest BCUT2D eigenvalue weighted by Crippen LogP contribution is 2.37. The number of carbonyl (C=O) groups is 2. The van der Waals surface area contributed by atoms with Gasteiger partial charge in [-0.1, -0.05) is 46.9 Å². The highest BCUT2D eigenvalue weighted by molar-refractivity contribution is 14.1. The minimum atomic E-state index is -0.730. The van der Waals surface area contributed by atoms with E-state index in [1.54, 1.807) is 45.0 Å². The third-order valence-corrected chi connectivity index (χ3v) is 5.74. The van der Waals surface area contributed by atoms with Crippen LogP contribution < -0.4 is 5.43 Å². The van der Waals surface area contributed by atoms with Gasteiger partial charge in [0.1, 0.15) is 23.5 Å². The summed E-state index contributed by atoms with van der Waals surface area (Å²) in [5.74, 6) is -0.722. The summed E-state index contributed by atoms with van der Waals surface area (Å²) in [6.45, 7) is 5.24. The number of carbonyl (C=O) groups excluding carboxylic acids is 2. The quantitative estimate of drug-likeness (QED) is 0.184. The van der Waals surface area contributed by atoms with Crippen molar-refractivity contribution in [3.8, 4) is 0 Å². The van der Waals surface area contributed by atoms with Crippen molar-refractivity contribution in [2.45, 2.75) is 44.6 Å². The molecule has 0 spiro atoms. The molecule has 0 bridgehead atoms. The van der Waals surface area contributed by atoms with Crippen LogP contribution in [-0.4, -0.2) is 40.5 Å². The summed E-state index contributed by atoms with van der Waals surface area (Å²) < 4.78 is 33.7. The number of hydrazine groups is 1. The van der Waals surface area contributed by atoms with Crippen LogP contribution in [-0.2, 0) is 14.9 Å². The minimum absolute atomic E-state index is 0.204. The lowest BCUT2D eigenvalue weighted by molar-refractivity contribution is -0.109. The van der Waals surface area contributed by atoms with Gasteiger partial charge in [0.15, 0.2) is 0 Å². The molecule has 0 aromatic heterocycles. The van der Waals surface area contributed by atoms with Crippen molar-refractivity contribution in [2.24, 2.45) is 0 Å². The normalized spacial score (nSPS) is 11.8. The fourth-order valence-corrected chi connectivity index (χ4v) is 3.86.